The van der Waals surface area contributed by atoms with Gasteiger partial charge in [-0.05, 0) is 44.2 Å². The van der Waals surface area contributed by atoms with Crippen LogP contribution in [0.15, 0.2) is 24.3 Å². The van der Waals surface area contributed by atoms with Crippen molar-refractivity contribution >= 4 is 11.6 Å². The Labute approximate surface area is 113 Å². The molecule has 2 rings (SSSR count). The third-order valence-corrected chi connectivity index (χ3v) is 3.49. The third-order valence-electron chi connectivity index (χ3n) is 3.49. The fourth-order valence-electron chi connectivity index (χ4n) is 2.32. The molecule has 1 aliphatic heterocycles. The minimum Gasteiger partial charge on any atom is -0.325 e. The zero-order chi connectivity index (χ0) is 13.7. The Hall–Kier alpha value is -1.46. The summed E-state index contributed by atoms with van der Waals surface area (Å²) < 4.78 is 12.7. The molecule has 5 heteroatoms. The van der Waals surface area contributed by atoms with Gasteiger partial charge in [-0.3, -0.25) is 9.69 Å². The fraction of sp³-hybridized carbons (Fsp3) is 0.500. The van der Waals surface area contributed by atoms with E-state index >= 15 is 0 Å². The quantitative estimate of drug-likeness (QED) is 0.866. The summed E-state index contributed by atoms with van der Waals surface area (Å²) in [6, 6.07) is 6.39. The van der Waals surface area contributed by atoms with Crippen LogP contribution in [0.4, 0.5) is 10.1 Å². The summed E-state index contributed by atoms with van der Waals surface area (Å²) in [6.45, 7) is 2.26. The van der Waals surface area contributed by atoms with Gasteiger partial charge in [0.05, 0.1) is 6.54 Å². The van der Waals surface area contributed by atoms with Crippen LogP contribution in [0.2, 0.25) is 0 Å². The molecule has 0 unspecified atom stereocenters. The Morgan fingerprint density at radius 1 is 1.32 bits per heavy atom. The molecule has 0 radical (unpaired) electrons. The Bertz CT molecular complexity index is 413. The van der Waals surface area contributed by atoms with E-state index < -0.39 is 0 Å². The first-order valence-corrected chi connectivity index (χ1v) is 6.62. The summed E-state index contributed by atoms with van der Waals surface area (Å²) in [4.78, 5) is 14.0. The predicted molar refractivity (Wildman–Crippen MR) is 73.6 cm³/mol. The summed E-state index contributed by atoms with van der Waals surface area (Å²) in [7, 11) is 1.97. The second kappa shape index (κ2) is 6.63. The van der Waals surface area contributed by atoms with Gasteiger partial charge in [-0.2, -0.15) is 0 Å². The van der Waals surface area contributed by atoms with E-state index in [1.807, 2.05) is 7.05 Å². The average Bonchev–Trinajstić information content (AvgIpc) is 2.42. The maximum absolute atomic E-state index is 12.7. The molecule has 0 aliphatic carbocycles. The lowest BCUT2D eigenvalue weighted by atomic mass is 10.1. The van der Waals surface area contributed by atoms with Gasteiger partial charge in [0.2, 0.25) is 5.91 Å². The van der Waals surface area contributed by atoms with Crippen molar-refractivity contribution in [2.75, 3.05) is 32.0 Å². The molecule has 0 saturated carbocycles. The highest BCUT2D eigenvalue weighted by Gasteiger charge is 2.19. The molecule has 1 aliphatic rings. The van der Waals surface area contributed by atoms with E-state index in [1.165, 1.54) is 12.1 Å². The van der Waals surface area contributed by atoms with Crippen LogP contribution in [0.25, 0.3) is 0 Å². The summed E-state index contributed by atoms with van der Waals surface area (Å²) in [5, 5.41) is 6.04. The third kappa shape index (κ3) is 4.29. The molecule has 1 aromatic carbocycles. The fourth-order valence-corrected chi connectivity index (χ4v) is 2.32. The zero-order valence-corrected chi connectivity index (χ0v) is 11.2. The predicted octanol–water partition coefficient (Wildman–Crippen LogP) is 1.45. The van der Waals surface area contributed by atoms with E-state index in [1.54, 1.807) is 12.1 Å². The molecule has 4 nitrogen and oxygen atoms in total. The monoisotopic (exact) mass is 265 g/mol. The molecule has 1 aromatic rings. The average molecular weight is 265 g/mol. The summed E-state index contributed by atoms with van der Waals surface area (Å²) in [6.07, 6.45) is 2.14. The highest BCUT2D eigenvalue weighted by molar-refractivity contribution is 5.92. The number of piperidine rings is 1. The largest absolute Gasteiger partial charge is 0.325 e. The van der Waals surface area contributed by atoms with Crippen molar-refractivity contribution < 1.29 is 9.18 Å². The summed E-state index contributed by atoms with van der Waals surface area (Å²) >= 11 is 0. The molecule has 0 aromatic heterocycles. The second-order valence-electron chi connectivity index (χ2n) is 4.89. The van der Waals surface area contributed by atoms with E-state index in [9.17, 15) is 9.18 Å². The zero-order valence-electron chi connectivity index (χ0n) is 11.2. The minimum absolute atomic E-state index is 0.0467. The molecule has 0 atom stereocenters. The van der Waals surface area contributed by atoms with E-state index in [2.05, 4.69) is 15.5 Å². The molecular weight excluding hydrogens is 245 g/mol. The SMILES string of the molecule is CNC1CCN(CC(=O)Nc2ccc(F)cc2)CC1. The molecular formula is C14H20FN3O. The van der Waals surface area contributed by atoms with Crippen molar-refractivity contribution in [3.8, 4) is 0 Å². The van der Waals surface area contributed by atoms with Crippen molar-refractivity contribution in [2.45, 2.75) is 18.9 Å². The van der Waals surface area contributed by atoms with Crippen LogP contribution in [0.3, 0.4) is 0 Å². The Kier molecular flexibility index (Phi) is 4.87. The van der Waals surface area contributed by atoms with Crippen LogP contribution in [0.5, 0.6) is 0 Å². The number of carbonyl (C=O) groups excluding carboxylic acids is 1. The highest BCUT2D eigenvalue weighted by Crippen LogP contribution is 2.11. The van der Waals surface area contributed by atoms with Gasteiger partial charge < -0.3 is 10.6 Å². The van der Waals surface area contributed by atoms with Gasteiger partial charge in [0.1, 0.15) is 5.82 Å². The van der Waals surface area contributed by atoms with Crippen LogP contribution in [0, 0.1) is 5.82 Å². The number of nitrogens with one attached hydrogen (secondary N) is 2. The van der Waals surface area contributed by atoms with Gasteiger partial charge in [0.15, 0.2) is 0 Å². The van der Waals surface area contributed by atoms with Crippen LogP contribution < -0.4 is 10.6 Å². The van der Waals surface area contributed by atoms with Gasteiger partial charge in [-0.25, -0.2) is 4.39 Å². The second-order valence-corrected chi connectivity index (χ2v) is 4.89. The van der Waals surface area contributed by atoms with Gasteiger partial charge in [-0.15, -0.1) is 0 Å². The summed E-state index contributed by atoms with van der Waals surface area (Å²) in [5.41, 5.74) is 0.636. The molecule has 1 saturated heterocycles. The molecule has 0 spiro atoms. The molecule has 0 bridgehead atoms. The number of rotatable bonds is 4. The van der Waals surface area contributed by atoms with Gasteiger partial charge in [0.25, 0.3) is 0 Å². The standard InChI is InChI=1S/C14H20FN3O/c1-16-12-6-8-18(9-7-12)10-14(19)17-13-4-2-11(15)3-5-13/h2-5,12,16H,6-10H2,1H3,(H,17,19). The molecule has 104 valence electrons. The van der Waals surface area contributed by atoms with Gasteiger partial charge in [0, 0.05) is 24.8 Å². The molecule has 1 amide bonds. The Morgan fingerprint density at radius 2 is 1.95 bits per heavy atom. The first-order chi connectivity index (χ1) is 9.17. The topological polar surface area (TPSA) is 44.4 Å². The minimum atomic E-state index is -0.299. The normalized spacial score (nSPS) is 17.4. The highest BCUT2D eigenvalue weighted by atomic mass is 19.1. The van der Waals surface area contributed by atoms with E-state index in [-0.39, 0.29) is 11.7 Å². The van der Waals surface area contributed by atoms with Gasteiger partial charge in [-0.1, -0.05) is 0 Å². The number of nitrogens with zero attached hydrogens (tertiary/aromatic N) is 1. The number of anilines is 1. The van der Waals surface area contributed by atoms with Crippen molar-refractivity contribution in [1.29, 1.82) is 0 Å². The summed E-state index contributed by atoms with van der Waals surface area (Å²) in [5.74, 6) is -0.346. The first-order valence-electron chi connectivity index (χ1n) is 6.62. The van der Waals surface area contributed by atoms with Crippen molar-refractivity contribution in [1.82, 2.24) is 10.2 Å². The van der Waals surface area contributed by atoms with Crippen molar-refractivity contribution in [3.05, 3.63) is 30.1 Å². The Balaban J connectivity index is 1.77. The maximum Gasteiger partial charge on any atom is 0.238 e. The molecule has 2 N–H and O–H groups in total. The number of carbonyl (C=O) groups is 1. The van der Waals surface area contributed by atoms with Crippen LogP contribution in [0.1, 0.15) is 12.8 Å². The van der Waals surface area contributed by atoms with Crippen LogP contribution in [-0.2, 0) is 4.79 Å². The molecule has 1 heterocycles. The molecule has 1 fully saturated rings. The van der Waals surface area contributed by atoms with E-state index in [0.29, 0.717) is 18.3 Å². The maximum atomic E-state index is 12.7. The lowest BCUT2D eigenvalue weighted by Crippen LogP contribution is -2.44. The number of hydrogen-bond acceptors (Lipinski definition) is 3. The Morgan fingerprint density at radius 3 is 2.53 bits per heavy atom. The number of likely N-dealkylation sites (tertiary alicyclic amines) is 1. The number of benzene rings is 1. The van der Waals surface area contributed by atoms with Crippen LogP contribution in [-0.4, -0.2) is 43.5 Å². The van der Waals surface area contributed by atoms with Crippen molar-refractivity contribution in [2.24, 2.45) is 0 Å². The number of hydrogen-bond donors (Lipinski definition) is 2. The van der Waals surface area contributed by atoms with Gasteiger partial charge >= 0.3 is 0 Å². The van der Waals surface area contributed by atoms with E-state index in [4.69, 9.17) is 0 Å². The smallest absolute Gasteiger partial charge is 0.238 e. The lowest BCUT2D eigenvalue weighted by Gasteiger charge is -2.31. The van der Waals surface area contributed by atoms with Crippen molar-refractivity contribution in [3.63, 3.8) is 0 Å². The first kappa shape index (κ1) is 14.0. The van der Waals surface area contributed by atoms with E-state index in [0.717, 1.165) is 25.9 Å². The lowest BCUT2D eigenvalue weighted by molar-refractivity contribution is -0.117. The van der Waals surface area contributed by atoms with Crippen LogP contribution >= 0.6 is 0 Å². The molecule has 19 heavy (non-hydrogen) atoms. The number of halogens is 1. The number of amides is 1.